The van der Waals surface area contributed by atoms with E-state index in [9.17, 15) is 4.39 Å². The largest absolute Gasteiger partial charge is 0.383 e. The lowest BCUT2D eigenvalue weighted by molar-refractivity contribution is 0.637. The molecule has 4 N–H and O–H groups in total. The number of nitrogens with one attached hydrogen (secondary N) is 2. The Labute approximate surface area is 193 Å². The molecule has 0 radical (unpaired) electrons. The highest BCUT2D eigenvalue weighted by atomic mass is 35.5. The van der Waals surface area contributed by atoms with Gasteiger partial charge in [0, 0.05) is 27.4 Å². The number of hydrogen-bond donors (Lipinski definition) is 3. The first-order valence-electron chi connectivity index (χ1n) is 9.72. The Morgan fingerprint density at radius 2 is 2.06 bits per heavy atom. The molecule has 0 unspecified atom stereocenters. The molecule has 0 bridgehead atoms. The van der Waals surface area contributed by atoms with Crippen molar-refractivity contribution < 1.29 is 4.39 Å². The molecule has 4 aromatic rings. The van der Waals surface area contributed by atoms with E-state index in [0.29, 0.717) is 24.3 Å². The van der Waals surface area contributed by atoms with E-state index < -0.39 is 0 Å². The first-order valence-corrected chi connectivity index (χ1v) is 11.7. The molecule has 8 heteroatoms. The number of thiophene rings is 2. The Morgan fingerprint density at radius 3 is 2.77 bits per heavy atom. The van der Waals surface area contributed by atoms with Crippen LogP contribution in [0.1, 0.15) is 21.7 Å². The van der Waals surface area contributed by atoms with Gasteiger partial charge in [-0.25, -0.2) is 4.39 Å². The van der Waals surface area contributed by atoms with Crippen molar-refractivity contribution in [1.29, 1.82) is 0 Å². The highest BCUT2D eigenvalue weighted by molar-refractivity contribution is 7.25. The third kappa shape index (κ3) is 4.26. The minimum Gasteiger partial charge on any atom is -0.383 e. The predicted octanol–water partition coefficient (Wildman–Crippen LogP) is 6.87. The average Bonchev–Trinajstić information content (AvgIpc) is 3.43. The summed E-state index contributed by atoms with van der Waals surface area (Å²) in [6.45, 7) is 8.21. The number of rotatable bonds is 7. The minimum atomic E-state index is -0.238. The van der Waals surface area contributed by atoms with Gasteiger partial charge in [-0.15, -0.1) is 22.7 Å². The van der Waals surface area contributed by atoms with Crippen LogP contribution in [0.25, 0.3) is 20.7 Å². The highest BCUT2D eigenvalue weighted by Crippen LogP contribution is 2.39. The molecular weight excluding hydrogens is 451 g/mol. The molecule has 0 fully saturated rings. The van der Waals surface area contributed by atoms with Crippen LogP contribution in [0.3, 0.4) is 0 Å². The zero-order valence-corrected chi connectivity index (χ0v) is 19.6. The second-order valence-electron chi connectivity index (χ2n) is 7.17. The molecular formula is C23H22ClFN4S2. The van der Waals surface area contributed by atoms with Gasteiger partial charge in [-0.3, -0.25) is 4.99 Å². The van der Waals surface area contributed by atoms with Gasteiger partial charge in [0.2, 0.25) is 0 Å². The van der Waals surface area contributed by atoms with E-state index >= 15 is 0 Å². The van der Waals surface area contributed by atoms with Crippen molar-refractivity contribution in [2.24, 2.45) is 10.7 Å². The van der Waals surface area contributed by atoms with E-state index in [-0.39, 0.29) is 5.82 Å². The summed E-state index contributed by atoms with van der Waals surface area (Å²) in [4.78, 5) is 10.8. The van der Waals surface area contributed by atoms with E-state index in [1.54, 1.807) is 17.5 Å². The van der Waals surface area contributed by atoms with Gasteiger partial charge in [0.1, 0.15) is 11.7 Å². The lowest BCUT2D eigenvalue weighted by atomic mass is 10.0. The van der Waals surface area contributed by atoms with Gasteiger partial charge >= 0.3 is 0 Å². The van der Waals surface area contributed by atoms with E-state index in [0.717, 1.165) is 46.9 Å². The number of nitrogens with two attached hydrogens (primary N) is 1. The Bertz CT molecular complexity index is 1300. The van der Waals surface area contributed by atoms with Crippen molar-refractivity contribution in [1.82, 2.24) is 4.98 Å². The van der Waals surface area contributed by atoms with Crippen molar-refractivity contribution in [2.45, 2.75) is 20.3 Å². The number of aromatic amines is 1. The van der Waals surface area contributed by atoms with E-state index in [4.69, 9.17) is 17.3 Å². The van der Waals surface area contributed by atoms with Gasteiger partial charge in [-0.2, -0.15) is 0 Å². The van der Waals surface area contributed by atoms with Crippen LogP contribution in [0.15, 0.2) is 48.1 Å². The number of aliphatic imine (C=N–C) groups is 1. The number of H-pyrrole nitrogens is 1. The quantitative estimate of drug-likeness (QED) is 0.203. The number of benzene rings is 1. The number of anilines is 1. The van der Waals surface area contributed by atoms with Gasteiger partial charge in [0.05, 0.1) is 20.4 Å². The van der Waals surface area contributed by atoms with Crippen molar-refractivity contribution in [3.05, 3.63) is 75.0 Å². The van der Waals surface area contributed by atoms with Crippen molar-refractivity contribution >= 4 is 56.7 Å². The zero-order valence-electron chi connectivity index (χ0n) is 17.2. The van der Waals surface area contributed by atoms with Gasteiger partial charge in [0.25, 0.3) is 0 Å². The fourth-order valence-corrected chi connectivity index (χ4v) is 5.85. The summed E-state index contributed by atoms with van der Waals surface area (Å²) in [5, 5.41) is 4.08. The molecule has 3 aromatic heterocycles. The lowest BCUT2D eigenvalue weighted by Crippen LogP contribution is -2.14. The van der Waals surface area contributed by atoms with Gasteiger partial charge in [-0.05, 0) is 61.9 Å². The van der Waals surface area contributed by atoms with Crippen LogP contribution in [-0.4, -0.2) is 17.4 Å². The lowest BCUT2D eigenvalue weighted by Gasteiger charge is -2.05. The fraction of sp³-hybridized carbons (Fsp3) is 0.174. The Kier molecular flexibility index (Phi) is 6.18. The average molecular weight is 473 g/mol. The SMILES string of the molecule is C=CNc1cc(-c2ccc(Cl)s2)sc1C(N)=NCCc1c(C)[nH]c2c(F)ccc(C)c12. The van der Waals surface area contributed by atoms with Crippen LogP contribution in [0.4, 0.5) is 10.1 Å². The molecule has 0 saturated heterocycles. The molecule has 0 amide bonds. The number of hydrogen-bond acceptors (Lipinski definition) is 4. The molecule has 4 rings (SSSR count). The third-order valence-corrected chi connectivity index (χ3v) is 7.70. The van der Waals surface area contributed by atoms with Crippen LogP contribution in [0.5, 0.6) is 0 Å². The normalized spacial score (nSPS) is 11.9. The van der Waals surface area contributed by atoms with Crippen LogP contribution < -0.4 is 11.1 Å². The Balaban J connectivity index is 1.60. The van der Waals surface area contributed by atoms with Crippen molar-refractivity contribution in [2.75, 3.05) is 11.9 Å². The van der Waals surface area contributed by atoms with Crippen molar-refractivity contribution in [3.63, 3.8) is 0 Å². The molecule has 160 valence electrons. The summed E-state index contributed by atoms with van der Waals surface area (Å²) in [6.07, 6.45) is 2.29. The highest BCUT2D eigenvalue weighted by Gasteiger charge is 2.16. The van der Waals surface area contributed by atoms with Crippen LogP contribution in [0, 0.1) is 19.7 Å². The summed E-state index contributed by atoms with van der Waals surface area (Å²) in [5.41, 5.74) is 10.9. The second kappa shape index (κ2) is 8.86. The molecule has 0 aliphatic rings. The number of aryl methyl sites for hydroxylation is 2. The standard InChI is InChI=1S/C23H22ClFN4S2/c1-4-27-16-11-18(17-7-8-19(24)30-17)31-22(16)23(26)28-10-9-14-13(3)29-21-15(25)6-5-12(2)20(14)21/h4-8,11,27,29H,1,9-10H2,2-3H3,(H2,26,28). The Morgan fingerprint density at radius 1 is 1.26 bits per heavy atom. The third-order valence-electron chi connectivity index (χ3n) is 5.11. The van der Waals surface area contributed by atoms with E-state index in [1.807, 2.05) is 38.1 Å². The summed E-state index contributed by atoms with van der Waals surface area (Å²) < 4.78 is 14.9. The van der Waals surface area contributed by atoms with Crippen molar-refractivity contribution in [3.8, 4) is 9.75 Å². The molecule has 4 nitrogen and oxygen atoms in total. The summed E-state index contributed by atoms with van der Waals surface area (Å²) >= 11 is 9.17. The maximum atomic E-state index is 14.2. The molecule has 0 atom stereocenters. The molecule has 1 aromatic carbocycles. The molecule has 0 saturated carbocycles. The topological polar surface area (TPSA) is 66.2 Å². The maximum Gasteiger partial charge on any atom is 0.147 e. The van der Waals surface area contributed by atoms with Crippen LogP contribution >= 0.6 is 34.3 Å². The monoisotopic (exact) mass is 472 g/mol. The number of halogens is 2. The number of aromatic nitrogens is 1. The Hall–Kier alpha value is -2.61. The molecule has 0 aliphatic heterocycles. The number of amidine groups is 1. The predicted molar refractivity (Wildman–Crippen MR) is 133 cm³/mol. The summed E-state index contributed by atoms with van der Waals surface area (Å²) in [6, 6.07) is 9.21. The number of fused-ring (bicyclic) bond motifs is 1. The van der Waals surface area contributed by atoms with Crippen LogP contribution in [0.2, 0.25) is 4.34 Å². The first kappa shape index (κ1) is 21.6. The smallest absolute Gasteiger partial charge is 0.147 e. The minimum absolute atomic E-state index is 0.238. The summed E-state index contributed by atoms with van der Waals surface area (Å²) in [5.74, 6) is 0.224. The van der Waals surface area contributed by atoms with Gasteiger partial charge < -0.3 is 16.0 Å². The van der Waals surface area contributed by atoms with Gasteiger partial charge in [0.15, 0.2) is 0 Å². The zero-order chi connectivity index (χ0) is 22.1. The molecule has 0 spiro atoms. The van der Waals surface area contributed by atoms with E-state index in [2.05, 4.69) is 21.9 Å². The van der Waals surface area contributed by atoms with E-state index in [1.165, 1.54) is 17.4 Å². The van der Waals surface area contributed by atoms with Gasteiger partial charge in [-0.1, -0.05) is 24.2 Å². The fourth-order valence-electron chi connectivity index (χ4n) is 3.68. The molecule has 31 heavy (non-hydrogen) atoms. The maximum absolute atomic E-state index is 14.2. The second-order valence-corrected chi connectivity index (χ2v) is 9.93. The van der Waals surface area contributed by atoms with Crippen LogP contribution in [-0.2, 0) is 6.42 Å². The molecule has 3 heterocycles. The first-order chi connectivity index (χ1) is 14.9. The molecule has 0 aliphatic carbocycles. The number of nitrogens with zero attached hydrogens (tertiary/aromatic N) is 1. The summed E-state index contributed by atoms with van der Waals surface area (Å²) in [7, 11) is 0.